The van der Waals surface area contributed by atoms with Gasteiger partial charge in [0, 0.05) is 6.54 Å². The van der Waals surface area contributed by atoms with E-state index >= 15 is 0 Å². The van der Waals surface area contributed by atoms with Gasteiger partial charge in [-0.15, -0.1) is 0 Å². The van der Waals surface area contributed by atoms with Crippen molar-refractivity contribution >= 4 is 17.5 Å². The monoisotopic (exact) mass is 286 g/mol. The van der Waals surface area contributed by atoms with E-state index in [9.17, 15) is 0 Å². The molecule has 2 rings (SSSR count). The van der Waals surface area contributed by atoms with Gasteiger partial charge in [-0.1, -0.05) is 19.3 Å². The summed E-state index contributed by atoms with van der Waals surface area (Å²) < 4.78 is 10.7. The van der Waals surface area contributed by atoms with E-state index in [1.54, 1.807) is 0 Å². The molecule has 1 aliphatic carbocycles. The first-order valence-electron chi connectivity index (χ1n) is 6.59. The lowest BCUT2D eigenvalue weighted by molar-refractivity contribution is 0.0347. The summed E-state index contributed by atoms with van der Waals surface area (Å²) in [6, 6.07) is 0.204. The highest BCUT2D eigenvalue weighted by atomic mass is 35.5. The van der Waals surface area contributed by atoms with Crippen LogP contribution in [0.3, 0.4) is 0 Å². The molecule has 1 fully saturated rings. The van der Waals surface area contributed by atoms with Gasteiger partial charge < -0.3 is 14.8 Å². The predicted molar refractivity (Wildman–Crippen MR) is 72.7 cm³/mol. The lowest BCUT2D eigenvalue weighted by Gasteiger charge is -2.21. The molecule has 0 saturated heterocycles. The predicted octanol–water partition coefficient (Wildman–Crippen LogP) is 2.29. The van der Waals surface area contributed by atoms with Gasteiger partial charge in [-0.05, 0) is 24.4 Å². The van der Waals surface area contributed by atoms with E-state index < -0.39 is 0 Å². The van der Waals surface area contributed by atoms with Crippen LogP contribution in [0, 0.1) is 0 Å². The average molecular weight is 287 g/mol. The zero-order chi connectivity index (χ0) is 13.5. The van der Waals surface area contributed by atoms with E-state index in [-0.39, 0.29) is 11.3 Å². The molecule has 0 radical (unpaired) electrons. The fourth-order valence-corrected chi connectivity index (χ4v) is 2.27. The number of nitrogens with zero attached hydrogens (tertiary/aromatic N) is 3. The fourth-order valence-electron chi connectivity index (χ4n) is 2.12. The maximum atomic E-state index is 5.79. The van der Waals surface area contributed by atoms with Crippen molar-refractivity contribution in [1.29, 1.82) is 0 Å². The van der Waals surface area contributed by atoms with Gasteiger partial charge in [0.25, 0.3) is 0 Å². The Labute approximate surface area is 117 Å². The maximum absolute atomic E-state index is 5.79. The van der Waals surface area contributed by atoms with Gasteiger partial charge in [0.15, 0.2) is 0 Å². The van der Waals surface area contributed by atoms with Crippen LogP contribution in [-0.4, -0.2) is 41.3 Å². The first-order valence-corrected chi connectivity index (χ1v) is 6.97. The molecule has 0 amide bonds. The summed E-state index contributed by atoms with van der Waals surface area (Å²) in [5, 5.41) is 3.16. The molecule has 1 saturated carbocycles. The van der Waals surface area contributed by atoms with Crippen LogP contribution in [0.15, 0.2) is 0 Å². The Hall–Kier alpha value is -1.14. The number of anilines is 1. The van der Waals surface area contributed by atoms with Crippen molar-refractivity contribution in [3.8, 4) is 6.01 Å². The van der Waals surface area contributed by atoms with Crippen LogP contribution in [0.2, 0.25) is 5.28 Å². The Morgan fingerprint density at radius 1 is 1.21 bits per heavy atom. The smallest absolute Gasteiger partial charge is 0.322 e. The van der Waals surface area contributed by atoms with Crippen molar-refractivity contribution in [3.63, 3.8) is 0 Å². The number of nitrogens with one attached hydrogen (secondary N) is 1. The molecule has 6 nitrogen and oxygen atoms in total. The Morgan fingerprint density at radius 3 is 2.74 bits per heavy atom. The Morgan fingerprint density at radius 2 is 2.00 bits per heavy atom. The number of aromatic nitrogens is 3. The molecule has 0 atom stereocenters. The molecule has 0 aliphatic heterocycles. The quantitative estimate of drug-likeness (QED) is 0.809. The molecule has 1 heterocycles. The Balaban J connectivity index is 1.71. The van der Waals surface area contributed by atoms with Gasteiger partial charge in [-0.2, -0.15) is 15.0 Å². The number of hydrogen-bond acceptors (Lipinski definition) is 6. The number of ether oxygens (including phenoxy) is 2. The third kappa shape index (κ3) is 4.80. The second kappa shape index (κ2) is 7.45. The van der Waals surface area contributed by atoms with Gasteiger partial charge in [0.2, 0.25) is 11.2 Å². The number of halogens is 1. The van der Waals surface area contributed by atoms with Crippen LogP contribution in [0.4, 0.5) is 5.95 Å². The van der Waals surface area contributed by atoms with Crippen LogP contribution in [0.5, 0.6) is 6.01 Å². The van der Waals surface area contributed by atoms with Gasteiger partial charge in [-0.3, -0.25) is 0 Å². The molecule has 0 spiro atoms. The minimum absolute atomic E-state index is 0.113. The molecule has 0 bridgehead atoms. The largest absolute Gasteiger partial charge is 0.467 e. The van der Waals surface area contributed by atoms with Crippen molar-refractivity contribution in [2.45, 2.75) is 38.2 Å². The van der Waals surface area contributed by atoms with Crippen LogP contribution in [0.1, 0.15) is 32.1 Å². The Kier molecular flexibility index (Phi) is 5.60. The van der Waals surface area contributed by atoms with Crippen molar-refractivity contribution in [1.82, 2.24) is 15.0 Å². The van der Waals surface area contributed by atoms with Gasteiger partial charge in [-0.25, -0.2) is 0 Å². The third-order valence-electron chi connectivity index (χ3n) is 3.06. The number of rotatable bonds is 6. The summed E-state index contributed by atoms with van der Waals surface area (Å²) in [6.07, 6.45) is 6.64. The summed E-state index contributed by atoms with van der Waals surface area (Å²) >= 11 is 5.75. The van der Waals surface area contributed by atoms with Crippen LogP contribution in [-0.2, 0) is 4.74 Å². The lowest BCUT2D eigenvalue weighted by atomic mass is 9.98. The molecule has 7 heteroatoms. The van der Waals surface area contributed by atoms with E-state index in [0.29, 0.717) is 25.2 Å². The lowest BCUT2D eigenvalue weighted by Crippen LogP contribution is -2.21. The van der Waals surface area contributed by atoms with Crippen molar-refractivity contribution in [2.75, 3.05) is 25.6 Å². The standard InChI is InChI=1S/C12H19ClN4O2/c1-18-12-16-10(13)15-11(17-12)14-7-8-19-9-5-3-2-4-6-9/h9H,2-8H2,1H3,(H,14,15,16,17). The first kappa shape index (κ1) is 14.3. The molecule has 1 N–H and O–H groups in total. The zero-order valence-corrected chi connectivity index (χ0v) is 11.8. The minimum Gasteiger partial charge on any atom is -0.467 e. The second-order valence-corrected chi connectivity index (χ2v) is 4.81. The van der Waals surface area contributed by atoms with E-state index in [0.717, 1.165) is 0 Å². The normalized spacial score (nSPS) is 16.3. The second-order valence-electron chi connectivity index (χ2n) is 4.47. The fraction of sp³-hybridized carbons (Fsp3) is 0.750. The topological polar surface area (TPSA) is 69.2 Å². The van der Waals surface area contributed by atoms with Crippen molar-refractivity contribution < 1.29 is 9.47 Å². The summed E-state index contributed by atoms with van der Waals surface area (Å²) in [6.45, 7) is 1.27. The highest BCUT2D eigenvalue weighted by molar-refractivity contribution is 6.28. The van der Waals surface area contributed by atoms with Crippen molar-refractivity contribution in [3.05, 3.63) is 5.28 Å². The summed E-state index contributed by atoms with van der Waals surface area (Å²) in [7, 11) is 1.49. The zero-order valence-electron chi connectivity index (χ0n) is 11.1. The molecule has 1 aromatic rings. The number of hydrogen-bond donors (Lipinski definition) is 1. The highest BCUT2D eigenvalue weighted by Gasteiger charge is 2.13. The van der Waals surface area contributed by atoms with Gasteiger partial charge in [0.1, 0.15) is 0 Å². The van der Waals surface area contributed by atoms with E-state index in [2.05, 4.69) is 20.3 Å². The maximum Gasteiger partial charge on any atom is 0.322 e. The third-order valence-corrected chi connectivity index (χ3v) is 3.23. The molecule has 0 aromatic carbocycles. The molecule has 106 valence electrons. The highest BCUT2D eigenvalue weighted by Crippen LogP contribution is 2.20. The summed E-state index contributed by atoms with van der Waals surface area (Å²) in [4.78, 5) is 11.8. The van der Waals surface area contributed by atoms with E-state index in [1.165, 1.54) is 39.2 Å². The molecule has 19 heavy (non-hydrogen) atoms. The first-order chi connectivity index (χ1) is 9.28. The van der Waals surface area contributed by atoms with Gasteiger partial charge in [0.05, 0.1) is 19.8 Å². The summed E-state index contributed by atoms with van der Waals surface area (Å²) in [5.41, 5.74) is 0. The molecular formula is C12H19ClN4O2. The Bertz CT molecular complexity index is 399. The SMILES string of the molecule is COc1nc(Cl)nc(NCCOC2CCCCC2)n1. The van der Waals surface area contributed by atoms with Crippen LogP contribution in [0.25, 0.3) is 0 Å². The number of methoxy groups -OCH3 is 1. The van der Waals surface area contributed by atoms with Crippen LogP contribution < -0.4 is 10.1 Å². The van der Waals surface area contributed by atoms with E-state index in [4.69, 9.17) is 21.1 Å². The summed E-state index contributed by atoms with van der Waals surface area (Å²) in [5.74, 6) is 0.407. The molecule has 1 aliphatic rings. The minimum atomic E-state index is 0.113. The molecular weight excluding hydrogens is 268 g/mol. The molecule has 1 aromatic heterocycles. The molecule has 0 unspecified atom stereocenters. The van der Waals surface area contributed by atoms with Crippen molar-refractivity contribution in [2.24, 2.45) is 0 Å². The van der Waals surface area contributed by atoms with Gasteiger partial charge >= 0.3 is 6.01 Å². The average Bonchev–Trinajstić information content (AvgIpc) is 2.44. The van der Waals surface area contributed by atoms with Crippen LogP contribution >= 0.6 is 11.6 Å². The van der Waals surface area contributed by atoms with E-state index in [1.807, 2.05) is 0 Å².